The van der Waals surface area contributed by atoms with Crippen LogP contribution in [-0.2, 0) is 17.8 Å². The molecule has 1 aliphatic rings. The molecule has 1 aliphatic heterocycles. The smallest absolute Gasteiger partial charge is 0.222 e. The number of hydrogen-bond donors (Lipinski definition) is 1. The van der Waals surface area contributed by atoms with Crippen LogP contribution in [0.25, 0.3) is 0 Å². The van der Waals surface area contributed by atoms with Crippen molar-refractivity contribution in [3.8, 4) is 11.5 Å². The molecule has 3 rings (SSSR count). The molecular weight excluding hydrogens is 358 g/mol. The lowest BCUT2D eigenvalue weighted by molar-refractivity contribution is -0.133. The minimum atomic E-state index is 0.249. The van der Waals surface area contributed by atoms with Crippen LogP contribution in [-0.4, -0.2) is 71.5 Å². The van der Waals surface area contributed by atoms with Gasteiger partial charge in [0, 0.05) is 44.7 Å². The summed E-state index contributed by atoms with van der Waals surface area (Å²) in [5.74, 6) is 1.94. The zero-order valence-corrected chi connectivity index (χ0v) is 16.7. The lowest BCUT2D eigenvalue weighted by atomic mass is 10.1. The number of nitrogens with zero attached hydrogens (tertiary/aromatic N) is 4. The predicted molar refractivity (Wildman–Crippen MR) is 105 cm³/mol. The molecule has 0 unspecified atom stereocenters. The second-order valence-electron chi connectivity index (χ2n) is 7.00. The number of aromatic amines is 1. The minimum absolute atomic E-state index is 0.249. The quantitative estimate of drug-likeness (QED) is 0.662. The number of unbranched alkanes of at least 4 members (excludes halogenated alkanes) is 1. The largest absolute Gasteiger partial charge is 0.497 e. The fourth-order valence-corrected chi connectivity index (χ4v) is 3.49. The summed E-state index contributed by atoms with van der Waals surface area (Å²) in [7, 11) is 3.35. The Labute approximate surface area is 165 Å². The van der Waals surface area contributed by atoms with Crippen molar-refractivity contribution in [3.63, 3.8) is 0 Å². The Hall–Kier alpha value is -2.61. The maximum atomic E-state index is 12.4. The van der Waals surface area contributed by atoms with E-state index in [9.17, 15) is 4.79 Å². The van der Waals surface area contributed by atoms with Crippen LogP contribution in [0.4, 0.5) is 0 Å². The first-order valence-electron chi connectivity index (χ1n) is 9.75. The van der Waals surface area contributed by atoms with Gasteiger partial charge in [-0.3, -0.25) is 9.69 Å². The van der Waals surface area contributed by atoms with Gasteiger partial charge in [0.1, 0.15) is 11.5 Å². The average Bonchev–Trinajstić information content (AvgIpc) is 3.25. The third-order valence-electron chi connectivity index (χ3n) is 5.14. The molecule has 8 heteroatoms. The Morgan fingerprint density at radius 1 is 1.14 bits per heavy atom. The summed E-state index contributed by atoms with van der Waals surface area (Å²) in [6, 6.07) is 5.86. The molecule has 1 fully saturated rings. The van der Waals surface area contributed by atoms with Crippen molar-refractivity contribution in [2.24, 2.45) is 0 Å². The molecule has 1 saturated heterocycles. The summed E-state index contributed by atoms with van der Waals surface area (Å²) >= 11 is 0. The van der Waals surface area contributed by atoms with Crippen molar-refractivity contribution < 1.29 is 14.3 Å². The van der Waals surface area contributed by atoms with Gasteiger partial charge in [-0.2, -0.15) is 15.4 Å². The first kappa shape index (κ1) is 20.1. The van der Waals surface area contributed by atoms with Gasteiger partial charge in [0.05, 0.1) is 26.1 Å². The zero-order valence-electron chi connectivity index (χ0n) is 16.7. The number of ether oxygens (including phenoxy) is 2. The fraction of sp³-hybridized carbons (Fsp3) is 0.550. The topological polar surface area (TPSA) is 83.6 Å². The van der Waals surface area contributed by atoms with E-state index in [4.69, 9.17) is 9.47 Å². The zero-order chi connectivity index (χ0) is 19.8. The van der Waals surface area contributed by atoms with Gasteiger partial charge < -0.3 is 14.4 Å². The molecule has 0 bridgehead atoms. The van der Waals surface area contributed by atoms with Crippen molar-refractivity contribution in [1.29, 1.82) is 0 Å². The number of hydrogen-bond acceptors (Lipinski definition) is 6. The summed E-state index contributed by atoms with van der Waals surface area (Å²) in [5, 5.41) is 10.4. The number of amides is 1. The second kappa shape index (κ2) is 10.1. The third kappa shape index (κ3) is 5.45. The normalized spacial score (nSPS) is 14.9. The molecule has 8 nitrogen and oxygen atoms in total. The highest BCUT2D eigenvalue weighted by Gasteiger charge is 2.21. The molecule has 1 amide bonds. The molecule has 0 atom stereocenters. The van der Waals surface area contributed by atoms with E-state index in [0.717, 1.165) is 74.7 Å². The molecule has 2 aromatic rings. The number of piperazine rings is 1. The van der Waals surface area contributed by atoms with E-state index in [-0.39, 0.29) is 5.91 Å². The van der Waals surface area contributed by atoms with Crippen LogP contribution in [0.2, 0.25) is 0 Å². The number of carbonyl (C=O) groups is 1. The van der Waals surface area contributed by atoms with Gasteiger partial charge in [0.15, 0.2) is 0 Å². The SMILES string of the molecule is COc1ccc(OC)c(CN2CCN(C(=O)CCCCc3cn[nH]n3)CC2)c1. The van der Waals surface area contributed by atoms with Crippen LogP contribution in [0, 0.1) is 0 Å². The number of methoxy groups -OCH3 is 2. The van der Waals surface area contributed by atoms with Gasteiger partial charge in [-0.25, -0.2) is 0 Å². The van der Waals surface area contributed by atoms with Gasteiger partial charge in [0.25, 0.3) is 0 Å². The van der Waals surface area contributed by atoms with E-state index in [2.05, 4.69) is 20.3 Å². The van der Waals surface area contributed by atoms with Crippen LogP contribution in [0.5, 0.6) is 11.5 Å². The maximum absolute atomic E-state index is 12.4. The van der Waals surface area contributed by atoms with Crippen molar-refractivity contribution in [2.45, 2.75) is 32.2 Å². The van der Waals surface area contributed by atoms with Gasteiger partial charge in [0.2, 0.25) is 5.91 Å². The molecule has 0 saturated carbocycles. The van der Waals surface area contributed by atoms with Crippen molar-refractivity contribution in [1.82, 2.24) is 25.2 Å². The van der Waals surface area contributed by atoms with E-state index in [1.54, 1.807) is 20.4 Å². The molecule has 152 valence electrons. The van der Waals surface area contributed by atoms with Crippen molar-refractivity contribution >= 4 is 5.91 Å². The minimum Gasteiger partial charge on any atom is -0.497 e. The first-order chi connectivity index (χ1) is 13.7. The molecule has 1 aromatic carbocycles. The standard InChI is InChI=1S/C20H29N5O3/c1-27-18-7-8-19(28-2)16(13-18)15-24-9-11-25(12-10-24)20(26)6-4-3-5-17-14-21-23-22-17/h7-8,13-14H,3-6,9-12,15H2,1-2H3,(H,21,22,23). The number of aryl methyl sites for hydroxylation is 1. The van der Waals surface area contributed by atoms with Gasteiger partial charge in [-0.05, 0) is 37.5 Å². The number of rotatable bonds is 9. The highest BCUT2D eigenvalue weighted by molar-refractivity contribution is 5.76. The Balaban J connectivity index is 1.41. The molecule has 1 N–H and O–H groups in total. The molecule has 1 aromatic heterocycles. The molecule has 2 heterocycles. The fourth-order valence-electron chi connectivity index (χ4n) is 3.49. The van der Waals surface area contributed by atoms with Crippen LogP contribution in [0.3, 0.4) is 0 Å². The Bertz CT molecular complexity index is 742. The summed E-state index contributed by atoms with van der Waals surface area (Å²) in [4.78, 5) is 16.8. The number of nitrogens with one attached hydrogen (secondary N) is 1. The number of carbonyl (C=O) groups excluding carboxylic acids is 1. The molecule has 0 spiro atoms. The van der Waals surface area contributed by atoms with E-state index >= 15 is 0 Å². The summed E-state index contributed by atoms with van der Waals surface area (Å²) < 4.78 is 10.8. The second-order valence-corrected chi connectivity index (χ2v) is 7.00. The lowest BCUT2D eigenvalue weighted by Crippen LogP contribution is -2.48. The van der Waals surface area contributed by atoms with E-state index < -0.39 is 0 Å². The third-order valence-corrected chi connectivity index (χ3v) is 5.14. The predicted octanol–water partition coefficient (Wildman–Crippen LogP) is 1.88. The lowest BCUT2D eigenvalue weighted by Gasteiger charge is -2.35. The van der Waals surface area contributed by atoms with E-state index in [1.165, 1.54) is 0 Å². The highest BCUT2D eigenvalue weighted by atomic mass is 16.5. The first-order valence-corrected chi connectivity index (χ1v) is 9.75. The molecular formula is C20H29N5O3. The maximum Gasteiger partial charge on any atom is 0.222 e. The van der Waals surface area contributed by atoms with Crippen LogP contribution in [0.1, 0.15) is 30.5 Å². The average molecular weight is 387 g/mol. The van der Waals surface area contributed by atoms with Crippen LogP contribution in [0.15, 0.2) is 24.4 Å². The Morgan fingerprint density at radius 2 is 1.96 bits per heavy atom. The molecule has 0 aliphatic carbocycles. The van der Waals surface area contributed by atoms with Crippen molar-refractivity contribution in [3.05, 3.63) is 35.7 Å². The monoisotopic (exact) mass is 387 g/mol. The number of H-pyrrole nitrogens is 1. The van der Waals surface area contributed by atoms with E-state index in [1.807, 2.05) is 23.1 Å². The van der Waals surface area contributed by atoms with E-state index in [0.29, 0.717) is 6.42 Å². The Kier molecular flexibility index (Phi) is 7.25. The van der Waals surface area contributed by atoms with Gasteiger partial charge in [-0.15, -0.1) is 0 Å². The summed E-state index contributed by atoms with van der Waals surface area (Å²) in [6.45, 7) is 4.07. The van der Waals surface area contributed by atoms with Gasteiger partial charge in [-0.1, -0.05) is 0 Å². The van der Waals surface area contributed by atoms with Crippen LogP contribution < -0.4 is 9.47 Å². The van der Waals surface area contributed by atoms with Gasteiger partial charge >= 0.3 is 0 Å². The highest BCUT2D eigenvalue weighted by Crippen LogP contribution is 2.25. The van der Waals surface area contributed by atoms with Crippen LogP contribution >= 0.6 is 0 Å². The molecule has 0 radical (unpaired) electrons. The number of benzene rings is 1. The summed E-state index contributed by atoms with van der Waals surface area (Å²) in [5.41, 5.74) is 2.06. The molecule has 28 heavy (non-hydrogen) atoms. The van der Waals surface area contributed by atoms with Crippen molar-refractivity contribution in [2.75, 3.05) is 40.4 Å². The number of aromatic nitrogens is 3. The summed E-state index contributed by atoms with van der Waals surface area (Å²) in [6.07, 6.45) is 5.03. The Morgan fingerprint density at radius 3 is 2.64 bits per heavy atom.